The zero-order valence-corrected chi connectivity index (χ0v) is 27.7. The number of alkyl carbamates (subject to hydrolysis) is 1. The number of fused-ring (bicyclic) bond motifs is 1. The standard InChI is InChI=1S/C35H51N3O7/c1-23-18-26(44-33(43)37-20-25-15-12-13-16-28(25)35(5,6)22-37)21-38(23)30(39)29(36-32(42)45-34(2,3)4)17-11-9-7-8-10-14-24-19-27(24)31(40)41/h10,12-16,23-24,26-27,29H,7-9,11,17-22H2,1-6H3,(H,36,42)(H,40,41)/b14-10-/t23-,24-,26-,27+,29+/m1/s1. The van der Waals surface area contributed by atoms with Gasteiger partial charge in [-0.2, -0.15) is 0 Å². The first-order valence-electron chi connectivity index (χ1n) is 16.4. The van der Waals surface area contributed by atoms with Gasteiger partial charge >= 0.3 is 18.2 Å². The largest absolute Gasteiger partial charge is 0.481 e. The van der Waals surface area contributed by atoms with Gasteiger partial charge in [-0.15, -0.1) is 0 Å². The SMILES string of the molecule is C[C@@H]1C[C@@H](OC(=O)N2Cc3ccccc3C(C)(C)C2)CN1C(=O)[C@H](CCCCC/C=C\[C@@H]1C[C@@H]1C(=O)O)NC(=O)OC(C)(C)C. The number of carboxylic acids is 1. The summed E-state index contributed by atoms with van der Waals surface area (Å²) in [7, 11) is 0. The molecule has 45 heavy (non-hydrogen) atoms. The summed E-state index contributed by atoms with van der Waals surface area (Å²) in [6.07, 6.45) is 7.65. The Morgan fingerprint density at radius 3 is 2.53 bits per heavy atom. The number of carboxylic acid groups (broad SMARTS) is 1. The Morgan fingerprint density at radius 2 is 1.84 bits per heavy atom. The van der Waals surface area contributed by atoms with E-state index in [1.54, 1.807) is 30.6 Å². The van der Waals surface area contributed by atoms with Crippen LogP contribution in [0.1, 0.15) is 97.6 Å². The van der Waals surface area contributed by atoms with Gasteiger partial charge in [-0.05, 0) is 70.4 Å². The van der Waals surface area contributed by atoms with Gasteiger partial charge in [0.2, 0.25) is 5.91 Å². The number of likely N-dealkylation sites (tertiary alicyclic amines) is 1. The smallest absolute Gasteiger partial charge is 0.410 e. The van der Waals surface area contributed by atoms with Gasteiger partial charge in [0.15, 0.2) is 0 Å². The zero-order valence-electron chi connectivity index (χ0n) is 27.7. The molecule has 0 radical (unpaired) electrons. The molecule has 10 nitrogen and oxygen atoms in total. The molecule has 1 aromatic carbocycles. The summed E-state index contributed by atoms with van der Waals surface area (Å²) in [4.78, 5) is 54.2. The first-order chi connectivity index (χ1) is 21.1. The Bertz CT molecular complexity index is 1270. The summed E-state index contributed by atoms with van der Waals surface area (Å²) in [5.74, 6) is -1.02. The number of hydrogen-bond donors (Lipinski definition) is 2. The molecule has 2 aliphatic heterocycles. The predicted octanol–water partition coefficient (Wildman–Crippen LogP) is 6.03. The third-order valence-electron chi connectivity index (χ3n) is 8.93. The van der Waals surface area contributed by atoms with Gasteiger partial charge in [0.25, 0.3) is 0 Å². The fourth-order valence-electron chi connectivity index (χ4n) is 6.54. The van der Waals surface area contributed by atoms with Crippen molar-refractivity contribution in [3.63, 3.8) is 0 Å². The average molecular weight is 626 g/mol. The van der Waals surface area contributed by atoms with Crippen LogP contribution in [0.3, 0.4) is 0 Å². The molecule has 3 amide bonds. The van der Waals surface area contributed by atoms with Crippen LogP contribution in [0.2, 0.25) is 0 Å². The Balaban J connectivity index is 1.30. The molecular weight excluding hydrogens is 574 g/mol. The Morgan fingerprint density at radius 1 is 1.11 bits per heavy atom. The highest BCUT2D eigenvalue weighted by molar-refractivity contribution is 5.86. The normalized spacial score (nSPS) is 24.6. The topological polar surface area (TPSA) is 125 Å². The lowest BCUT2D eigenvalue weighted by atomic mass is 9.78. The number of carbonyl (C=O) groups is 4. The van der Waals surface area contributed by atoms with E-state index in [1.165, 1.54) is 5.56 Å². The number of amides is 3. The molecule has 1 aliphatic carbocycles. The van der Waals surface area contributed by atoms with Crippen LogP contribution in [0.5, 0.6) is 0 Å². The van der Waals surface area contributed by atoms with Crippen LogP contribution in [0.4, 0.5) is 9.59 Å². The minimum atomic E-state index is -0.755. The van der Waals surface area contributed by atoms with Gasteiger partial charge in [-0.25, -0.2) is 9.59 Å². The van der Waals surface area contributed by atoms with E-state index in [0.29, 0.717) is 32.4 Å². The summed E-state index contributed by atoms with van der Waals surface area (Å²) in [5, 5.41) is 11.8. The number of ether oxygens (including phenoxy) is 2. The van der Waals surface area contributed by atoms with Crippen LogP contribution < -0.4 is 5.32 Å². The number of benzene rings is 1. The maximum atomic E-state index is 13.8. The van der Waals surface area contributed by atoms with Gasteiger partial charge in [0.1, 0.15) is 17.7 Å². The Hall–Kier alpha value is -3.56. The van der Waals surface area contributed by atoms with Crippen molar-refractivity contribution in [1.29, 1.82) is 0 Å². The lowest BCUT2D eigenvalue weighted by Gasteiger charge is -2.39. The minimum Gasteiger partial charge on any atom is -0.481 e. The molecule has 3 aliphatic rings. The van der Waals surface area contributed by atoms with E-state index < -0.39 is 29.8 Å². The van der Waals surface area contributed by atoms with Crippen molar-refractivity contribution in [2.24, 2.45) is 11.8 Å². The minimum absolute atomic E-state index is 0.150. The summed E-state index contributed by atoms with van der Waals surface area (Å²) in [6.45, 7) is 12.8. The van der Waals surface area contributed by atoms with Crippen molar-refractivity contribution in [1.82, 2.24) is 15.1 Å². The Kier molecular flexibility index (Phi) is 10.9. The number of nitrogens with zero attached hydrogens (tertiary/aromatic N) is 2. The molecule has 1 saturated carbocycles. The summed E-state index contributed by atoms with van der Waals surface area (Å²) >= 11 is 0. The maximum Gasteiger partial charge on any atom is 0.410 e. The molecular formula is C35H51N3O7. The van der Waals surface area contributed by atoms with Crippen molar-refractivity contribution in [3.8, 4) is 0 Å². The molecule has 2 N–H and O–H groups in total. The number of nitrogens with one attached hydrogen (secondary N) is 1. The van der Waals surface area contributed by atoms with E-state index in [-0.39, 0.29) is 41.8 Å². The van der Waals surface area contributed by atoms with E-state index in [0.717, 1.165) is 31.2 Å². The maximum absolute atomic E-state index is 13.8. The van der Waals surface area contributed by atoms with Gasteiger partial charge in [-0.1, -0.05) is 63.1 Å². The molecule has 2 heterocycles. The zero-order chi connectivity index (χ0) is 32.9. The van der Waals surface area contributed by atoms with Crippen molar-refractivity contribution < 1.29 is 33.8 Å². The van der Waals surface area contributed by atoms with Crippen molar-refractivity contribution >= 4 is 24.1 Å². The Labute approximate surface area is 267 Å². The second-order valence-electron chi connectivity index (χ2n) is 14.6. The van der Waals surface area contributed by atoms with Gasteiger partial charge in [0.05, 0.1) is 12.5 Å². The van der Waals surface area contributed by atoms with Crippen LogP contribution in [0.15, 0.2) is 36.4 Å². The van der Waals surface area contributed by atoms with E-state index >= 15 is 0 Å². The number of unbranched alkanes of at least 4 members (excludes halogenated alkanes) is 3. The second-order valence-corrected chi connectivity index (χ2v) is 14.6. The average Bonchev–Trinajstić information content (AvgIpc) is 3.64. The number of rotatable bonds is 11. The van der Waals surface area contributed by atoms with Crippen molar-refractivity contribution in [3.05, 3.63) is 47.5 Å². The van der Waals surface area contributed by atoms with E-state index in [1.807, 2.05) is 37.3 Å². The van der Waals surface area contributed by atoms with Crippen LogP contribution in [-0.4, -0.2) is 75.8 Å². The van der Waals surface area contributed by atoms with Gasteiger partial charge in [0, 0.05) is 31.0 Å². The van der Waals surface area contributed by atoms with Crippen LogP contribution >= 0.6 is 0 Å². The van der Waals surface area contributed by atoms with Gasteiger partial charge < -0.3 is 29.7 Å². The molecule has 1 saturated heterocycles. The fourth-order valence-corrected chi connectivity index (χ4v) is 6.54. The van der Waals surface area contributed by atoms with Gasteiger partial charge in [-0.3, -0.25) is 9.59 Å². The molecule has 10 heteroatoms. The molecule has 2 fully saturated rings. The third kappa shape index (κ3) is 9.47. The van der Waals surface area contributed by atoms with E-state index in [9.17, 15) is 19.2 Å². The van der Waals surface area contributed by atoms with E-state index in [4.69, 9.17) is 14.6 Å². The molecule has 0 spiro atoms. The first-order valence-corrected chi connectivity index (χ1v) is 16.4. The fraction of sp³-hybridized carbons (Fsp3) is 0.657. The summed E-state index contributed by atoms with van der Waals surface area (Å²) in [5.41, 5.74) is 1.46. The number of aliphatic carboxylic acids is 1. The predicted molar refractivity (Wildman–Crippen MR) is 171 cm³/mol. The highest BCUT2D eigenvalue weighted by Gasteiger charge is 2.42. The van der Waals surface area contributed by atoms with Crippen molar-refractivity contribution in [2.45, 2.75) is 122 Å². The summed E-state index contributed by atoms with van der Waals surface area (Å²) in [6, 6.07) is 7.27. The molecule has 0 aromatic heterocycles. The van der Waals surface area contributed by atoms with Crippen LogP contribution in [0.25, 0.3) is 0 Å². The highest BCUT2D eigenvalue weighted by Crippen LogP contribution is 2.40. The van der Waals surface area contributed by atoms with E-state index in [2.05, 4.69) is 25.2 Å². The third-order valence-corrected chi connectivity index (χ3v) is 8.93. The lowest BCUT2D eigenvalue weighted by Crippen LogP contribution is -2.51. The molecule has 248 valence electrons. The molecule has 5 atom stereocenters. The van der Waals surface area contributed by atoms with Crippen LogP contribution in [-0.2, 0) is 31.0 Å². The first kappa shape index (κ1) is 34.3. The lowest BCUT2D eigenvalue weighted by molar-refractivity contribution is -0.138. The second kappa shape index (κ2) is 14.3. The molecule has 1 aromatic rings. The highest BCUT2D eigenvalue weighted by atomic mass is 16.6. The number of hydrogen-bond acceptors (Lipinski definition) is 6. The quantitative estimate of drug-likeness (QED) is 0.227. The number of carbonyl (C=O) groups excluding carboxylic acids is 3. The molecule has 0 unspecified atom stereocenters. The monoisotopic (exact) mass is 625 g/mol. The van der Waals surface area contributed by atoms with Crippen molar-refractivity contribution in [2.75, 3.05) is 13.1 Å². The molecule has 4 rings (SSSR count). The van der Waals surface area contributed by atoms with Crippen LogP contribution in [0, 0.1) is 11.8 Å². The summed E-state index contributed by atoms with van der Waals surface area (Å²) < 4.78 is 11.4. The number of allylic oxidation sites excluding steroid dienone is 2. The molecule has 0 bridgehead atoms.